The molecule has 100 valence electrons. The van der Waals surface area contributed by atoms with Crippen molar-refractivity contribution in [3.8, 4) is 0 Å². The quantitative estimate of drug-likeness (QED) is 0.792. The highest BCUT2D eigenvalue weighted by atomic mass is 15.2. The van der Waals surface area contributed by atoms with E-state index < -0.39 is 0 Å². The average Bonchev–Trinajstić information content (AvgIpc) is 2.78. The van der Waals surface area contributed by atoms with Crippen molar-refractivity contribution in [1.29, 1.82) is 0 Å². The Morgan fingerprint density at radius 1 is 1.24 bits per heavy atom. The second kappa shape index (κ2) is 6.75. The predicted molar refractivity (Wildman–Crippen MR) is 74.3 cm³/mol. The number of likely N-dealkylation sites (tertiary alicyclic amines) is 1. The summed E-state index contributed by atoms with van der Waals surface area (Å²) in [5, 5.41) is 3.58. The highest BCUT2D eigenvalue weighted by molar-refractivity contribution is 4.87. The Balaban J connectivity index is 1.75. The van der Waals surface area contributed by atoms with Crippen LogP contribution in [0.2, 0.25) is 0 Å². The molecule has 0 aliphatic carbocycles. The number of nitrogens with zero attached hydrogens (tertiary/aromatic N) is 1. The van der Waals surface area contributed by atoms with Gasteiger partial charge in [-0.3, -0.25) is 0 Å². The first-order chi connectivity index (χ1) is 8.27. The number of hydrogen-bond acceptors (Lipinski definition) is 2. The zero-order chi connectivity index (χ0) is 12.1. The van der Waals surface area contributed by atoms with Gasteiger partial charge in [-0.1, -0.05) is 13.8 Å². The van der Waals surface area contributed by atoms with Gasteiger partial charge in [0.05, 0.1) is 0 Å². The molecule has 2 atom stereocenters. The highest BCUT2D eigenvalue weighted by Gasteiger charge is 2.31. The van der Waals surface area contributed by atoms with Crippen molar-refractivity contribution < 1.29 is 0 Å². The second-order valence-corrected chi connectivity index (χ2v) is 6.39. The lowest BCUT2D eigenvalue weighted by atomic mass is 9.90. The van der Waals surface area contributed by atoms with Gasteiger partial charge < -0.3 is 10.2 Å². The molecule has 0 aromatic heterocycles. The summed E-state index contributed by atoms with van der Waals surface area (Å²) in [5.41, 5.74) is 0. The molecular weight excluding hydrogens is 208 g/mol. The van der Waals surface area contributed by atoms with Crippen LogP contribution in [0.4, 0.5) is 0 Å². The van der Waals surface area contributed by atoms with Crippen molar-refractivity contribution in [2.45, 2.75) is 58.4 Å². The maximum atomic E-state index is 3.58. The predicted octanol–water partition coefficient (Wildman–Crippen LogP) is 2.89. The molecule has 0 spiro atoms. The number of nitrogens with one attached hydrogen (secondary N) is 1. The van der Waals surface area contributed by atoms with Crippen LogP contribution in [0.15, 0.2) is 0 Å². The van der Waals surface area contributed by atoms with Gasteiger partial charge >= 0.3 is 0 Å². The summed E-state index contributed by atoms with van der Waals surface area (Å²) in [4.78, 5) is 2.79. The van der Waals surface area contributed by atoms with Crippen LogP contribution in [-0.2, 0) is 0 Å². The molecule has 2 rings (SSSR count). The third-order valence-electron chi connectivity index (χ3n) is 4.52. The van der Waals surface area contributed by atoms with Crippen molar-refractivity contribution in [2.24, 2.45) is 11.8 Å². The normalized spacial score (nSPS) is 31.2. The second-order valence-electron chi connectivity index (χ2n) is 6.39. The van der Waals surface area contributed by atoms with Crippen molar-refractivity contribution >= 4 is 0 Å². The van der Waals surface area contributed by atoms with Crippen LogP contribution in [0.3, 0.4) is 0 Å². The number of piperidine rings is 1. The van der Waals surface area contributed by atoms with E-state index >= 15 is 0 Å². The maximum absolute atomic E-state index is 3.58. The lowest BCUT2D eigenvalue weighted by Crippen LogP contribution is -2.43. The molecule has 2 fully saturated rings. The fourth-order valence-electron chi connectivity index (χ4n) is 3.57. The van der Waals surface area contributed by atoms with E-state index in [0.29, 0.717) is 0 Å². The first kappa shape index (κ1) is 13.4. The summed E-state index contributed by atoms with van der Waals surface area (Å²) < 4.78 is 0. The van der Waals surface area contributed by atoms with Gasteiger partial charge in [-0.05, 0) is 76.5 Å². The lowest BCUT2D eigenvalue weighted by Gasteiger charge is -2.34. The van der Waals surface area contributed by atoms with E-state index in [0.717, 1.165) is 17.9 Å². The van der Waals surface area contributed by atoms with Crippen molar-refractivity contribution in [3.63, 3.8) is 0 Å². The molecule has 2 aliphatic rings. The van der Waals surface area contributed by atoms with Crippen LogP contribution >= 0.6 is 0 Å². The van der Waals surface area contributed by atoms with Gasteiger partial charge in [0, 0.05) is 6.04 Å². The molecule has 0 amide bonds. The minimum absolute atomic E-state index is 0.868. The van der Waals surface area contributed by atoms with Gasteiger partial charge in [0.15, 0.2) is 0 Å². The van der Waals surface area contributed by atoms with Gasteiger partial charge in [0.25, 0.3) is 0 Å². The molecule has 0 radical (unpaired) electrons. The SMILES string of the molecule is CC(C)CCCN1CCCC1C1CCCNC1. The molecule has 2 heterocycles. The van der Waals surface area contributed by atoms with Crippen LogP contribution in [0.5, 0.6) is 0 Å². The monoisotopic (exact) mass is 238 g/mol. The molecule has 2 aliphatic heterocycles. The van der Waals surface area contributed by atoms with E-state index in [-0.39, 0.29) is 0 Å². The van der Waals surface area contributed by atoms with E-state index in [1.807, 2.05) is 0 Å². The van der Waals surface area contributed by atoms with Crippen LogP contribution in [-0.4, -0.2) is 37.1 Å². The molecule has 2 nitrogen and oxygen atoms in total. The molecule has 2 heteroatoms. The van der Waals surface area contributed by atoms with E-state index in [4.69, 9.17) is 0 Å². The third kappa shape index (κ3) is 3.96. The first-order valence-electron chi connectivity index (χ1n) is 7.72. The van der Waals surface area contributed by atoms with E-state index in [9.17, 15) is 0 Å². The Kier molecular flexibility index (Phi) is 5.30. The Labute approximate surface area is 107 Å². The van der Waals surface area contributed by atoms with E-state index in [2.05, 4.69) is 24.1 Å². The van der Waals surface area contributed by atoms with Gasteiger partial charge in [-0.25, -0.2) is 0 Å². The fraction of sp³-hybridized carbons (Fsp3) is 1.00. The lowest BCUT2D eigenvalue weighted by molar-refractivity contribution is 0.162. The minimum atomic E-state index is 0.868. The van der Waals surface area contributed by atoms with Crippen LogP contribution in [0.1, 0.15) is 52.4 Å². The molecule has 2 unspecified atom stereocenters. The Morgan fingerprint density at radius 2 is 2.12 bits per heavy atom. The summed E-state index contributed by atoms with van der Waals surface area (Å²) in [5.74, 6) is 1.80. The molecule has 0 aromatic rings. The Bertz CT molecular complexity index is 209. The van der Waals surface area contributed by atoms with Crippen LogP contribution < -0.4 is 5.32 Å². The third-order valence-corrected chi connectivity index (χ3v) is 4.52. The number of rotatable bonds is 5. The van der Waals surface area contributed by atoms with Crippen LogP contribution in [0.25, 0.3) is 0 Å². The van der Waals surface area contributed by atoms with Gasteiger partial charge in [0.2, 0.25) is 0 Å². The zero-order valence-corrected chi connectivity index (χ0v) is 11.8. The average molecular weight is 238 g/mol. The Morgan fingerprint density at radius 3 is 2.82 bits per heavy atom. The summed E-state index contributed by atoms with van der Waals surface area (Å²) >= 11 is 0. The molecule has 17 heavy (non-hydrogen) atoms. The minimum Gasteiger partial charge on any atom is -0.316 e. The largest absolute Gasteiger partial charge is 0.316 e. The molecule has 0 bridgehead atoms. The van der Waals surface area contributed by atoms with Gasteiger partial charge in [-0.2, -0.15) is 0 Å². The molecule has 0 saturated carbocycles. The highest BCUT2D eigenvalue weighted by Crippen LogP contribution is 2.28. The first-order valence-corrected chi connectivity index (χ1v) is 7.72. The summed E-state index contributed by atoms with van der Waals surface area (Å²) in [7, 11) is 0. The standard InChI is InChI=1S/C15H30N2/c1-13(2)6-4-10-17-11-5-8-15(17)14-7-3-9-16-12-14/h13-16H,3-12H2,1-2H3. The zero-order valence-electron chi connectivity index (χ0n) is 11.8. The summed E-state index contributed by atoms with van der Waals surface area (Å²) in [6.07, 6.45) is 8.52. The molecular formula is C15H30N2. The maximum Gasteiger partial charge on any atom is 0.0136 e. The van der Waals surface area contributed by atoms with Gasteiger partial charge in [0.1, 0.15) is 0 Å². The van der Waals surface area contributed by atoms with Crippen molar-refractivity contribution in [1.82, 2.24) is 10.2 Å². The van der Waals surface area contributed by atoms with Crippen molar-refractivity contribution in [2.75, 3.05) is 26.2 Å². The van der Waals surface area contributed by atoms with E-state index in [1.165, 1.54) is 64.7 Å². The smallest absolute Gasteiger partial charge is 0.0136 e. The number of hydrogen-bond donors (Lipinski definition) is 1. The van der Waals surface area contributed by atoms with Crippen molar-refractivity contribution in [3.05, 3.63) is 0 Å². The fourth-order valence-corrected chi connectivity index (χ4v) is 3.57. The molecule has 0 aromatic carbocycles. The Hall–Kier alpha value is -0.0800. The summed E-state index contributed by atoms with van der Waals surface area (Å²) in [6.45, 7) is 9.90. The van der Waals surface area contributed by atoms with Gasteiger partial charge in [-0.15, -0.1) is 0 Å². The molecule has 1 N–H and O–H groups in total. The van der Waals surface area contributed by atoms with E-state index in [1.54, 1.807) is 0 Å². The summed E-state index contributed by atoms with van der Waals surface area (Å²) in [6, 6.07) is 0.898. The molecule has 2 saturated heterocycles. The topological polar surface area (TPSA) is 15.3 Å². The van der Waals surface area contributed by atoms with Crippen LogP contribution in [0, 0.1) is 11.8 Å².